The number of fused-ring (bicyclic) bond motifs is 1. The summed E-state index contributed by atoms with van der Waals surface area (Å²) < 4.78 is 50.6. The third kappa shape index (κ3) is 5.20. The lowest BCUT2D eigenvalue weighted by molar-refractivity contribution is -0.140. The SMILES string of the molecule is COc1ccc(-c2nc(C(=O)NCC(C)Nc3ncccn3)c(CN)o2)c2ccc(C(F)(F)F)nc12. The number of halogens is 3. The molecule has 0 radical (unpaired) electrons. The van der Waals surface area contributed by atoms with E-state index in [1.54, 1.807) is 24.5 Å². The number of carbonyl (C=O) groups excluding carboxylic acids is 1. The lowest BCUT2D eigenvalue weighted by atomic mass is 10.1. The van der Waals surface area contributed by atoms with Gasteiger partial charge < -0.3 is 25.5 Å². The first kappa shape index (κ1) is 24.9. The Morgan fingerprint density at radius 2 is 1.92 bits per heavy atom. The minimum absolute atomic E-state index is 0.0127. The first-order valence-corrected chi connectivity index (χ1v) is 10.8. The maximum atomic E-state index is 13.2. The van der Waals surface area contributed by atoms with Gasteiger partial charge in [0.05, 0.1) is 13.7 Å². The number of anilines is 1. The first-order chi connectivity index (χ1) is 17.2. The van der Waals surface area contributed by atoms with Crippen molar-refractivity contribution in [2.75, 3.05) is 19.0 Å². The third-order valence-corrected chi connectivity index (χ3v) is 5.17. The van der Waals surface area contributed by atoms with E-state index in [4.69, 9.17) is 14.9 Å². The number of hydrogen-bond acceptors (Lipinski definition) is 9. The number of nitrogens with zero attached hydrogens (tertiary/aromatic N) is 4. The van der Waals surface area contributed by atoms with E-state index in [1.165, 1.54) is 19.2 Å². The van der Waals surface area contributed by atoms with Crippen molar-refractivity contribution in [3.63, 3.8) is 0 Å². The van der Waals surface area contributed by atoms with Crippen LogP contribution in [-0.2, 0) is 12.7 Å². The molecule has 3 aromatic heterocycles. The molecular weight excluding hydrogens is 479 g/mol. The molecule has 0 saturated carbocycles. The number of alkyl halides is 3. The molecule has 0 spiro atoms. The Morgan fingerprint density at radius 1 is 1.17 bits per heavy atom. The number of amides is 1. The molecule has 1 amide bonds. The van der Waals surface area contributed by atoms with E-state index in [-0.39, 0.29) is 47.7 Å². The van der Waals surface area contributed by atoms with Gasteiger partial charge in [-0.1, -0.05) is 0 Å². The van der Waals surface area contributed by atoms with Gasteiger partial charge in [-0.15, -0.1) is 0 Å². The summed E-state index contributed by atoms with van der Waals surface area (Å²) in [5.41, 5.74) is 4.98. The van der Waals surface area contributed by atoms with Crippen LogP contribution in [0.3, 0.4) is 0 Å². The van der Waals surface area contributed by atoms with Crippen LogP contribution in [0.25, 0.3) is 22.4 Å². The molecule has 1 atom stereocenters. The molecule has 188 valence electrons. The maximum absolute atomic E-state index is 13.2. The zero-order valence-electron chi connectivity index (χ0n) is 19.3. The molecule has 4 N–H and O–H groups in total. The molecule has 0 aliphatic heterocycles. The monoisotopic (exact) mass is 501 g/mol. The summed E-state index contributed by atoms with van der Waals surface area (Å²) in [6, 6.07) is 6.62. The Labute approximate surface area is 203 Å². The molecule has 1 aromatic carbocycles. The number of pyridine rings is 1. The molecule has 4 rings (SSSR count). The van der Waals surface area contributed by atoms with Crippen LogP contribution in [0.5, 0.6) is 5.75 Å². The molecule has 13 heteroatoms. The van der Waals surface area contributed by atoms with E-state index in [0.29, 0.717) is 16.9 Å². The van der Waals surface area contributed by atoms with Gasteiger partial charge in [0.2, 0.25) is 11.8 Å². The number of nitrogens with one attached hydrogen (secondary N) is 2. The molecule has 4 aromatic rings. The van der Waals surface area contributed by atoms with Crippen molar-refractivity contribution in [1.82, 2.24) is 25.3 Å². The van der Waals surface area contributed by atoms with Crippen molar-refractivity contribution in [2.24, 2.45) is 5.73 Å². The second-order valence-electron chi connectivity index (χ2n) is 7.73. The second-order valence-corrected chi connectivity index (χ2v) is 7.73. The van der Waals surface area contributed by atoms with Gasteiger partial charge in [0.25, 0.3) is 5.91 Å². The smallest absolute Gasteiger partial charge is 0.433 e. The van der Waals surface area contributed by atoms with E-state index >= 15 is 0 Å². The lowest BCUT2D eigenvalue weighted by Gasteiger charge is -2.14. The van der Waals surface area contributed by atoms with Crippen molar-refractivity contribution < 1.29 is 27.1 Å². The van der Waals surface area contributed by atoms with Crippen LogP contribution in [0, 0.1) is 0 Å². The maximum Gasteiger partial charge on any atom is 0.433 e. The van der Waals surface area contributed by atoms with Gasteiger partial charge in [-0.05, 0) is 37.3 Å². The quantitative estimate of drug-likeness (QED) is 0.331. The normalized spacial score (nSPS) is 12.4. The minimum Gasteiger partial charge on any atom is -0.494 e. The lowest BCUT2D eigenvalue weighted by Crippen LogP contribution is -2.35. The topological polar surface area (TPSA) is 141 Å². The summed E-state index contributed by atoms with van der Waals surface area (Å²) in [6.45, 7) is 1.94. The Balaban J connectivity index is 1.61. The number of methoxy groups -OCH3 is 1. The molecular formula is C23H22F3N7O3. The summed E-state index contributed by atoms with van der Waals surface area (Å²) >= 11 is 0. The Hall–Kier alpha value is -4.26. The predicted molar refractivity (Wildman–Crippen MR) is 124 cm³/mol. The van der Waals surface area contributed by atoms with Crippen molar-refractivity contribution in [3.8, 4) is 17.2 Å². The number of oxazole rings is 1. The number of ether oxygens (including phenoxy) is 1. The zero-order chi connectivity index (χ0) is 25.9. The van der Waals surface area contributed by atoms with Gasteiger partial charge in [-0.2, -0.15) is 13.2 Å². The molecule has 0 aliphatic rings. The van der Waals surface area contributed by atoms with Crippen LogP contribution < -0.4 is 21.1 Å². The van der Waals surface area contributed by atoms with Gasteiger partial charge in [0.15, 0.2) is 11.5 Å². The summed E-state index contributed by atoms with van der Waals surface area (Å²) in [5, 5.41) is 6.10. The minimum atomic E-state index is -4.63. The van der Waals surface area contributed by atoms with Crippen LogP contribution in [0.4, 0.5) is 19.1 Å². The molecule has 0 saturated heterocycles. The Kier molecular flexibility index (Phi) is 7.01. The van der Waals surface area contributed by atoms with Crippen LogP contribution in [0.2, 0.25) is 0 Å². The standard InChI is InChI=1S/C23H22F3N7O3/c1-12(31-22-28-8-3-9-29-22)11-30-20(34)19-16(10-27)36-21(33-19)14-4-6-15(35-2)18-13(14)5-7-17(32-18)23(24,25)26/h3-9,12H,10-11,27H2,1-2H3,(H,30,34)(H,28,29,31). The average Bonchev–Trinajstić information content (AvgIpc) is 3.30. The molecule has 1 unspecified atom stereocenters. The first-order valence-electron chi connectivity index (χ1n) is 10.8. The molecule has 10 nitrogen and oxygen atoms in total. The summed E-state index contributed by atoms with van der Waals surface area (Å²) in [6.07, 6.45) is -1.45. The fourth-order valence-corrected chi connectivity index (χ4v) is 3.46. The van der Waals surface area contributed by atoms with Crippen LogP contribution in [0.15, 0.2) is 47.1 Å². The fourth-order valence-electron chi connectivity index (χ4n) is 3.46. The summed E-state index contributed by atoms with van der Waals surface area (Å²) in [7, 11) is 1.33. The Morgan fingerprint density at radius 3 is 2.58 bits per heavy atom. The number of nitrogens with two attached hydrogens (primary N) is 1. The number of benzene rings is 1. The van der Waals surface area contributed by atoms with Gasteiger partial charge in [-0.25, -0.2) is 19.9 Å². The van der Waals surface area contributed by atoms with Gasteiger partial charge in [0, 0.05) is 35.9 Å². The number of hydrogen-bond donors (Lipinski definition) is 3. The fraction of sp³-hybridized carbons (Fsp3) is 0.261. The number of carbonyl (C=O) groups is 1. The highest BCUT2D eigenvalue weighted by Crippen LogP contribution is 2.36. The van der Waals surface area contributed by atoms with E-state index in [0.717, 1.165) is 6.07 Å². The second kappa shape index (κ2) is 10.2. The van der Waals surface area contributed by atoms with Crippen molar-refractivity contribution in [1.29, 1.82) is 0 Å². The largest absolute Gasteiger partial charge is 0.494 e. The molecule has 0 aliphatic carbocycles. The van der Waals surface area contributed by atoms with Gasteiger partial charge in [-0.3, -0.25) is 4.79 Å². The molecule has 36 heavy (non-hydrogen) atoms. The highest BCUT2D eigenvalue weighted by atomic mass is 19.4. The van der Waals surface area contributed by atoms with E-state index in [1.807, 2.05) is 6.92 Å². The summed E-state index contributed by atoms with van der Waals surface area (Å²) in [4.78, 5) is 29.0. The van der Waals surface area contributed by atoms with E-state index in [9.17, 15) is 18.0 Å². The Bertz CT molecular complexity index is 1380. The van der Waals surface area contributed by atoms with Crippen molar-refractivity contribution >= 4 is 22.8 Å². The molecule has 0 bridgehead atoms. The predicted octanol–water partition coefficient (Wildman–Crippen LogP) is 3.40. The average molecular weight is 501 g/mol. The molecule has 3 heterocycles. The summed E-state index contributed by atoms with van der Waals surface area (Å²) in [5.74, 6) is 0.173. The van der Waals surface area contributed by atoms with Gasteiger partial charge >= 0.3 is 6.18 Å². The molecule has 0 fully saturated rings. The van der Waals surface area contributed by atoms with Crippen LogP contribution in [-0.4, -0.2) is 45.5 Å². The van der Waals surface area contributed by atoms with Crippen LogP contribution >= 0.6 is 0 Å². The van der Waals surface area contributed by atoms with Crippen LogP contribution in [0.1, 0.15) is 28.9 Å². The number of aromatic nitrogens is 4. The van der Waals surface area contributed by atoms with E-state index < -0.39 is 17.8 Å². The highest BCUT2D eigenvalue weighted by molar-refractivity contribution is 5.98. The van der Waals surface area contributed by atoms with Crippen molar-refractivity contribution in [2.45, 2.75) is 25.7 Å². The van der Waals surface area contributed by atoms with E-state index in [2.05, 4.69) is 30.6 Å². The highest BCUT2D eigenvalue weighted by Gasteiger charge is 2.33. The number of rotatable bonds is 8. The third-order valence-electron chi connectivity index (χ3n) is 5.17. The van der Waals surface area contributed by atoms with Crippen molar-refractivity contribution in [3.05, 3.63) is 59.9 Å². The zero-order valence-corrected chi connectivity index (χ0v) is 19.3. The van der Waals surface area contributed by atoms with Gasteiger partial charge in [0.1, 0.15) is 17.0 Å².